The highest BCUT2D eigenvalue weighted by Crippen LogP contribution is 2.31. The van der Waals surface area contributed by atoms with Crippen LogP contribution in [0.4, 0.5) is 0 Å². The molecule has 5 heteroatoms. The Morgan fingerprint density at radius 2 is 2.11 bits per heavy atom. The van der Waals surface area contributed by atoms with Crippen molar-refractivity contribution in [1.29, 1.82) is 0 Å². The van der Waals surface area contributed by atoms with Gasteiger partial charge in [-0.2, -0.15) is 0 Å². The SMILES string of the molecule is O=C(O)C1CCCC1CNCc1ccc(Cl)c(Cl)c1. The zero-order chi connectivity index (χ0) is 13.8. The normalized spacial score (nSPS) is 22.6. The van der Waals surface area contributed by atoms with Crippen LogP contribution in [-0.4, -0.2) is 17.6 Å². The number of hydrogen-bond acceptors (Lipinski definition) is 2. The number of benzene rings is 1. The van der Waals surface area contributed by atoms with Crippen LogP contribution in [0.3, 0.4) is 0 Å². The number of aliphatic carboxylic acids is 1. The van der Waals surface area contributed by atoms with Gasteiger partial charge < -0.3 is 10.4 Å². The highest BCUT2D eigenvalue weighted by Gasteiger charge is 2.32. The van der Waals surface area contributed by atoms with Gasteiger partial charge in [-0.05, 0) is 43.0 Å². The molecule has 0 spiro atoms. The third-order valence-corrected chi connectivity index (χ3v) is 4.43. The fourth-order valence-corrected chi connectivity index (χ4v) is 2.98. The molecule has 2 N–H and O–H groups in total. The molecule has 0 radical (unpaired) electrons. The molecular formula is C14H17Cl2NO2. The van der Waals surface area contributed by atoms with Crippen molar-refractivity contribution in [2.24, 2.45) is 11.8 Å². The molecule has 1 aliphatic rings. The molecule has 3 nitrogen and oxygen atoms in total. The number of halogens is 2. The fraction of sp³-hybridized carbons (Fsp3) is 0.500. The van der Waals surface area contributed by atoms with Gasteiger partial charge in [-0.25, -0.2) is 0 Å². The lowest BCUT2D eigenvalue weighted by Gasteiger charge is -2.16. The summed E-state index contributed by atoms with van der Waals surface area (Å²) in [5.74, 6) is -0.625. The van der Waals surface area contributed by atoms with E-state index in [1.165, 1.54) is 0 Å². The first kappa shape index (κ1) is 14.6. The number of carboxylic acid groups (broad SMARTS) is 1. The van der Waals surface area contributed by atoms with E-state index in [4.69, 9.17) is 28.3 Å². The lowest BCUT2D eigenvalue weighted by Crippen LogP contribution is -2.28. The number of carboxylic acids is 1. The lowest BCUT2D eigenvalue weighted by atomic mass is 9.96. The predicted octanol–water partition coefficient (Wildman–Crippen LogP) is 3.58. The zero-order valence-corrected chi connectivity index (χ0v) is 12.0. The quantitative estimate of drug-likeness (QED) is 0.874. The highest BCUT2D eigenvalue weighted by molar-refractivity contribution is 6.42. The summed E-state index contributed by atoms with van der Waals surface area (Å²) in [6, 6.07) is 5.53. The number of nitrogens with one attached hydrogen (secondary N) is 1. The van der Waals surface area contributed by atoms with Gasteiger partial charge in [-0.15, -0.1) is 0 Å². The van der Waals surface area contributed by atoms with Gasteiger partial charge in [0.2, 0.25) is 0 Å². The van der Waals surface area contributed by atoms with Crippen LogP contribution in [0, 0.1) is 11.8 Å². The van der Waals surface area contributed by atoms with Crippen LogP contribution in [0.1, 0.15) is 24.8 Å². The summed E-state index contributed by atoms with van der Waals surface area (Å²) in [6.45, 7) is 1.41. The molecule has 0 aromatic heterocycles. The van der Waals surface area contributed by atoms with Crippen molar-refractivity contribution < 1.29 is 9.90 Å². The van der Waals surface area contributed by atoms with Gasteiger partial charge in [0, 0.05) is 6.54 Å². The van der Waals surface area contributed by atoms with Gasteiger partial charge in [-0.1, -0.05) is 35.7 Å². The molecule has 2 atom stereocenters. The van der Waals surface area contributed by atoms with E-state index < -0.39 is 5.97 Å². The summed E-state index contributed by atoms with van der Waals surface area (Å²) in [5, 5.41) is 13.5. The Hall–Kier alpha value is -0.770. The highest BCUT2D eigenvalue weighted by atomic mass is 35.5. The van der Waals surface area contributed by atoms with Crippen LogP contribution in [0.25, 0.3) is 0 Å². The van der Waals surface area contributed by atoms with Crippen molar-refractivity contribution in [3.05, 3.63) is 33.8 Å². The molecule has 2 unspecified atom stereocenters. The number of carbonyl (C=O) groups is 1. The monoisotopic (exact) mass is 301 g/mol. The van der Waals surface area contributed by atoms with Crippen LogP contribution >= 0.6 is 23.2 Å². The molecule has 19 heavy (non-hydrogen) atoms. The molecule has 1 aromatic carbocycles. The van der Waals surface area contributed by atoms with Crippen molar-refractivity contribution in [2.45, 2.75) is 25.8 Å². The Kier molecular flexibility index (Phi) is 5.08. The van der Waals surface area contributed by atoms with Gasteiger partial charge >= 0.3 is 5.97 Å². The molecular weight excluding hydrogens is 285 g/mol. The largest absolute Gasteiger partial charge is 0.481 e. The Labute approximate surface area is 122 Å². The van der Waals surface area contributed by atoms with Gasteiger partial charge in [-0.3, -0.25) is 4.79 Å². The maximum Gasteiger partial charge on any atom is 0.306 e. The first-order valence-electron chi connectivity index (χ1n) is 6.45. The Morgan fingerprint density at radius 1 is 1.32 bits per heavy atom. The first-order chi connectivity index (χ1) is 9.08. The molecule has 0 amide bonds. The maximum absolute atomic E-state index is 11.1. The standard InChI is InChI=1S/C14H17Cl2NO2/c15-12-5-4-9(6-13(12)16)7-17-8-10-2-1-3-11(10)14(18)19/h4-6,10-11,17H,1-3,7-8H2,(H,18,19). The topological polar surface area (TPSA) is 49.3 Å². The first-order valence-corrected chi connectivity index (χ1v) is 7.21. The van der Waals surface area contributed by atoms with Crippen molar-refractivity contribution in [3.8, 4) is 0 Å². The van der Waals surface area contributed by atoms with E-state index in [-0.39, 0.29) is 11.8 Å². The van der Waals surface area contributed by atoms with Crippen LogP contribution in [-0.2, 0) is 11.3 Å². The van der Waals surface area contributed by atoms with Crippen LogP contribution < -0.4 is 5.32 Å². The van der Waals surface area contributed by atoms with Crippen LogP contribution in [0.15, 0.2) is 18.2 Å². The molecule has 1 saturated carbocycles. The Bertz CT molecular complexity index is 465. The lowest BCUT2D eigenvalue weighted by molar-refractivity contribution is -0.142. The summed E-state index contributed by atoms with van der Waals surface area (Å²) in [6.07, 6.45) is 2.80. The molecule has 0 bridgehead atoms. The molecule has 1 aromatic rings. The van der Waals surface area contributed by atoms with E-state index in [1.807, 2.05) is 12.1 Å². The van der Waals surface area contributed by atoms with E-state index in [0.717, 1.165) is 31.4 Å². The minimum absolute atomic E-state index is 0.193. The second-order valence-corrected chi connectivity index (χ2v) is 5.83. The van der Waals surface area contributed by atoms with Gasteiger partial charge in [0.1, 0.15) is 0 Å². The maximum atomic E-state index is 11.1. The molecule has 1 fully saturated rings. The second kappa shape index (κ2) is 6.60. The third-order valence-electron chi connectivity index (χ3n) is 3.70. The van der Waals surface area contributed by atoms with E-state index in [9.17, 15) is 4.79 Å². The fourth-order valence-electron chi connectivity index (χ4n) is 2.66. The average Bonchev–Trinajstić information content (AvgIpc) is 2.82. The van der Waals surface area contributed by atoms with E-state index in [0.29, 0.717) is 16.6 Å². The Morgan fingerprint density at radius 3 is 2.79 bits per heavy atom. The summed E-state index contributed by atoms with van der Waals surface area (Å²) in [4.78, 5) is 11.1. The smallest absolute Gasteiger partial charge is 0.306 e. The molecule has 0 aliphatic heterocycles. The van der Waals surface area contributed by atoms with Crippen molar-refractivity contribution >= 4 is 29.2 Å². The van der Waals surface area contributed by atoms with Crippen molar-refractivity contribution in [1.82, 2.24) is 5.32 Å². The third kappa shape index (κ3) is 3.85. The van der Waals surface area contributed by atoms with Crippen molar-refractivity contribution in [3.63, 3.8) is 0 Å². The molecule has 1 aliphatic carbocycles. The van der Waals surface area contributed by atoms with Gasteiger partial charge in [0.05, 0.1) is 16.0 Å². The van der Waals surface area contributed by atoms with Crippen LogP contribution in [0.5, 0.6) is 0 Å². The van der Waals surface area contributed by atoms with Gasteiger partial charge in [0.15, 0.2) is 0 Å². The predicted molar refractivity (Wildman–Crippen MR) is 76.6 cm³/mol. The minimum atomic E-state index is -0.668. The zero-order valence-electron chi connectivity index (χ0n) is 10.5. The summed E-state index contributed by atoms with van der Waals surface area (Å²) in [5.41, 5.74) is 1.05. The van der Waals surface area contributed by atoms with Crippen LogP contribution in [0.2, 0.25) is 10.0 Å². The molecule has 2 rings (SSSR count). The second-order valence-electron chi connectivity index (χ2n) is 5.02. The van der Waals surface area contributed by atoms with E-state index in [1.54, 1.807) is 6.07 Å². The molecule has 104 valence electrons. The number of hydrogen-bond donors (Lipinski definition) is 2. The average molecular weight is 302 g/mol. The van der Waals surface area contributed by atoms with E-state index >= 15 is 0 Å². The van der Waals surface area contributed by atoms with Gasteiger partial charge in [0.25, 0.3) is 0 Å². The summed E-state index contributed by atoms with van der Waals surface area (Å²) >= 11 is 11.8. The molecule has 0 heterocycles. The summed E-state index contributed by atoms with van der Waals surface area (Å²) < 4.78 is 0. The minimum Gasteiger partial charge on any atom is -0.481 e. The van der Waals surface area contributed by atoms with E-state index in [2.05, 4.69) is 5.32 Å². The molecule has 0 saturated heterocycles. The summed E-state index contributed by atoms with van der Waals surface area (Å²) in [7, 11) is 0. The van der Waals surface area contributed by atoms with Crippen molar-refractivity contribution in [2.75, 3.05) is 6.54 Å². The number of rotatable bonds is 5. The Balaban J connectivity index is 1.83.